The van der Waals surface area contributed by atoms with Crippen molar-refractivity contribution < 1.29 is 19.3 Å². The molecule has 19 heavy (non-hydrogen) atoms. The molecule has 0 saturated heterocycles. The topological polar surface area (TPSA) is 60.0 Å². The van der Waals surface area contributed by atoms with Gasteiger partial charge in [-0.05, 0) is 17.7 Å². The molecule has 0 radical (unpaired) electrons. The summed E-state index contributed by atoms with van der Waals surface area (Å²) in [4.78, 5) is 0. The van der Waals surface area contributed by atoms with Gasteiger partial charge in [-0.25, -0.2) is 0 Å². The first-order valence-corrected chi connectivity index (χ1v) is 6.32. The van der Waals surface area contributed by atoms with Crippen LogP contribution in [-0.2, 0) is 20.8 Å². The number of aliphatic hydroxyl groups excluding tert-OH is 1. The fourth-order valence-electron chi connectivity index (χ4n) is 1.59. The Morgan fingerprint density at radius 3 is 2.79 bits per heavy atom. The van der Waals surface area contributed by atoms with E-state index in [2.05, 4.69) is 5.32 Å². The maximum atomic E-state index is 9.73. The van der Waals surface area contributed by atoms with Crippen LogP contribution >= 0.6 is 0 Å². The molecule has 0 spiro atoms. The lowest BCUT2D eigenvalue weighted by Crippen LogP contribution is -2.25. The molecule has 5 heteroatoms. The Hall–Kier alpha value is -1.14. The molecule has 0 aliphatic rings. The first-order valence-electron chi connectivity index (χ1n) is 6.32. The zero-order valence-electron chi connectivity index (χ0n) is 11.6. The average molecular weight is 269 g/mol. The van der Waals surface area contributed by atoms with Gasteiger partial charge in [0.2, 0.25) is 0 Å². The lowest BCUT2D eigenvalue weighted by atomic mass is 10.2. The monoisotopic (exact) mass is 269 g/mol. The summed E-state index contributed by atoms with van der Waals surface area (Å²) in [5.41, 5.74) is 2.06. The van der Waals surface area contributed by atoms with Crippen molar-refractivity contribution in [3.8, 4) is 0 Å². The van der Waals surface area contributed by atoms with Gasteiger partial charge in [0.25, 0.3) is 0 Å². The first-order chi connectivity index (χ1) is 9.26. The molecule has 5 nitrogen and oxygen atoms in total. The van der Waals surface area contributed by atoms with E-state index < -0.39 is 6.10 Å². The van der Waals surface area contributed by atoms with Crippen LogP contribution in [0.3, 0.4) is 0 Å². The number of aliphatic hydroxyl groups is 1. The quantitative estimate of drug-likeness (QED) is 0.626. The normalized spacial score (nSPS) is 12.4. The van der Waals surface area contributed by atoms with E-state index in [4.69, 9.17) is 14.2 Å². The van der Waals surface area contributed by atoms with E-state index in [-0.39, 0.29) is 0 Å². The van der Waals surface area contributed by atoms with E-state index in [0.717, 1.165) is 11.3 Å². The predicted octanol–water partition coefficient (Wildman–Crippen LogP) is 1.27. The molecule has 0 fully saturated rings. The van der Waals surface area contributed by atoms with Crippen LogP contribution in [0.4, 0.5) is 5.69 Å². The molecule has 1 unspecified atom stereocenters. The molecule has 0 aromatic heterocycles. The van der Waals surface area contributed by atoms with Gasteiger partial charge in [0, 0.05) is 26.5 Å². The fourth-order valence-corrected chi connectivity index (χ4v) is 1.59. The second-order valence-electron chi connectivity index (χ2n) is 4.24. The van der Waals surface area contributed by atoms with E-state index in [0.29, 0.717) is 33.0 Å². The van der Waals surface area contributed by atoms with Crippen LogP contribution in [-0.4, -0.2) is 51.8 Å². The zero-order valence-corrected chi connectivity index (χ0v) is 11.6. The highest BCUT2D eigenvalue weighted by Gasteiger charge is 2.04. The Balaban J connectivity index is 2.25. The molecule has 1 aromatic rings. The van der Waals surface area contributed by atoms with E-state index in [1.165, 1.54) is 0 Å². The lowest BCUT2D eigenvalue weighted by Gasteiger charge is -2.13. The van der Waals surface area contributed by atoms with E-state index in [9.17, 15) is 5.11 Å². The summed E-state index contributed by atoms with van der Waals surface area (Å²) in [6.07, 6.45) is -0.539. The van der Waals surface area contributed by atoms with Crippen molar-refractivity contribution in [3.05, 3.63) is 29.8 Å². The first kappa shape index (κ1) is 15.9. The van der Waals surface area contributed by atoms with Gasteiger partial charge in [0.05, 0.1) is 32.5 Å². The Bertz CT molecular complexity index is 346. The zero-order chi connectivity index (χ0) is 13.9. The van der Waals surface area contributed by atoms with Crippen molar-refractivity contribution in [1.29, 1.82) is 0 Å². The van der Waals surface area contributed by atoms with Crippen LogP contribution < -0.4 is 5.32 Å². The summed E-state index contributed by atoms with van der Waals surface area (Å²) in [6.45, 7) is 2.37. The number of ether oxygens (including phenoxy) is 3. The van der Waals surface area contributed by atoms with Crippen molar-refractivity contribution in [2.75, 3.05) is 45.9 Å². The number of methoxy groups -OCH3 is 2. The number of rotatable bonds is 10. The van der Waals surface area contributed by atoms with Crippen molar-refractivity contribution in [2.45, 2.75) is 12.7 Å². The molecule has 0 aliphatic carbocycles. The number of nitrogens with one attached hydrogen (secondary N) is 1. The SMILES string of the molecule is COCCOCC(O)CNc1cccc(COC)c1. The largest absolute Gasteiger partial charge is 0.389 e. The number of benzene rings is 1. The van der Waals surface area contributed by atoms with Crippen LogP contribution in [0, 0.1) is 0 Å². The standard InChI is InChI=1S/C14H23NO4/c1-17-6-7-19-11-14(16)9-15-13-5-3-4-12(8-13)10-18-2/h3-5,8,14-16H,6-7,9-11H2,1-2H3. The van der Waals surface area contributed by atoms with Gasteiger partial charge in [-0.2, -0.15) is 0 Å². The maximum absolute atomic E-state index is 9.73. The van der Waals surface area contributed by atoms with Gasteiger partial charge >= 0.3 is 0 Å². The highest BCUT2D eigenvalue weighted by Crippen LogP contribution is 2.11. The van der Waals surface area contributed by atoms with Crippen molar-refractivity contribution in [2.24, 2.45) is 0 Å². The Morgan fingerprint density at radius 1 is 1.21 bits per heavy atom. The molecule has 0 amide bonds. The third-order valence-corrected chi connectivity index (χ3v) is 2.52. The minimum atomic E-state index is -0.539. The maximum Gasteiger partial charge on any atom is 0.0945 e. The van der Waals surface area contributed by atoms with Crippen molar-refractivity contribution in [1.82, 2.24) is 0 Å². The van der Waals surface area contributed by atoms with Gasteiger partial charge in [-0.3, -0.25) is 0 Å². The minimum absolute atomic E-state index is 0.300. The summed E-state index contributed by atoms with van der Waals surface area (Å²) >= 11 is 0. The Labute approximate surface area is 114 Å². The van der Waals surface area contributed by atoms with Crippen molar-refractivity contribution >= 4 is 5.69 Å². The summed E-state index contributed by atoms with van der Waals surface area (Å²) in [5.74, 6) is 0. The molecule has 0 bridgehead atoms. The van der Waals surface area contributed by atoms with E-state index in [1.807, 2.05) is 24.3 Å². The predicted molar refractivity (Wildman–Crippen MR) is 74.3 cm³/mol. The molecule has 1 rings (SSSR count). The molecule has 1 aromatic carbocycles. The highest BCUT2D eigenvalue weighted by atomic mass is 16.5. The van der Waals surface area contributed by atoms with Gasteiger partial charge in [0.1, 0.15) is 0 Å². The summed E-state index contributed by atoms with van der Waals surface area (Å²) in [5, 5.41) is 12.9. The summed E-state index contributed by atoms with van der Waals surface area (Å²) < 4.78 is 15.2. The molecule has 1 atom stereocenters. The van der Waals surface area contributed by atoms with Crippen LogP contribution in [0.2, 0.25) is 0 Å². The third kappa shape index (κ3) is 7.12. The second kappa shape index (κ2) is 9.75. The molecule has 108 valence electrons. The van der Waals surface area contributed by atoms with Crippen LogP contribution in [0.5, 0.6) is 0 Å². The van der Waals surface area contributed by atoms with Crippen LogP contribution in [0.25, 0.3) is 0 Å². The highest BCUT2D eigenvalue weighted by molar-refractivity contribution is 5.45. The fraction of sp³-hybridized carbons (Fsp3) is 0.571. The number of hydrogen-bond donors (Lipinski definition) is 2. The summed E-state index contributed by atoms with van der Waals surface area (Å²) in [6, 6.07) is 7.91. The van der Waals surface area contributed by atoms with E-state index >= 15 is 0 Å². The Morgan fingerprint density at radius 2 is 2.05 bits per heavy atom. The van der Waals surface area contributed by atoms with E-state index in [1.54, 1.807) is 14.2 Å². The van der Waals surface area contributed by atoms with Crippen LogP contribution in [0.15, 0.2) is 24.3 Å². The molecule has 2 N–H and O–H groups in total. The lowest BCUT2D eigenvalue weighted by molar-refractivity contribution is 0.0182. The smallest absolute Gasteiger partial charge is 0.0945 e. The van der Waals surface area contributed by atoms with Crippen LogP contribution in [0.1, 0.15) is 5.56 Å². The van der Waals surface area contributed by atoms with Gasteiger partial charge in [-0.1, -0.05) is 12.1 Å². The van der Waals surface area contributed by atoms with Crippen molar-refractivity contribution in [3.63, 3.8) is 0 Å². The molecular weight excluding hydrogens is 246 g/mol. The Kier molecular flexibility index (Phi) is 8.16. The third-order valence-electron chi connectivity index (χ3n) is 2.52. The second-order valence-corrected chi connectivity index (χ2v) is 4.24. The molecule has 0 heterocycles. The molecular formula is C14H23NO4. The molecule has 0 aliphatic heterocycles. The summed E-state index contributed by atoms with van der Waals surface area (Å²) in [7, 11) is 3.29. The number of hydrogen-bond acceptors (Lipinski definition) is 5. The van der Waals surface area contributed by atoms with Gasteiger partial charge in [0.15, 0.2) is 0 Å². The number of anilines is 1. The van der Waals surface area contributed by atoms with Gasteiger partial charge < -0.3 is 24.6 Å². The molecule has 0 saturated carbocycles. The van der Waals surface area contributed by atoms with Gasteiger partial charge in [-0.15, -0.1) is 0 Å². The minimum Gasteiger partial charge on any atom is -0.389 e. The average Bonchev–Trinajstić information content (AvgIpc) is 2.42.